The lowest BCUT2D eigenvalue weighted by Gasteiger charge is -2.13. The molecular weight excluding hydrogens is 995 g/mol. The first-order chi connectivity index (χ1) is 34.8. The zero-order valence-electron chi connectivity index (χ0n) is 39.4. The molecule has 0 heterocycles. The molecule has 0 spiro atoms. The quantitative estimate of drug-likeness (QED) is 0.0110. The molecule has 4 rings (SSSR count). The molecule has 72 heavy (non-hydrogen) atoms. The van der Waals surface area contributed by atoms with Crippen LogP contribution in [0.15, 0.2) is 91.0 Å². The molecule has 0 radical (unpaired) electrons. The number of ether oxygens (including phenoxy) is 3. The Balaban J connectivity index is 1.46. The number of nitrogens with one attached hydrogen (secondary N) is 6. The van der Waals surface area contributed by atoms with Crippen LogP contribution < -0.4 is 32.6 Å². The number of amides is 6. The van der Waals surface area contributed by atoms with Crippen LogP contribution in [0, 0.1) is 0 Å². The Kier molecular flexibility index (Phi) is 25.6. The highest BCUT2D eigenvalue weighted by Gasteiger charge is 2.21. The third kappa shape index (κ3) is 20.0. The van der Waals surface area contributed by atoms with E-state index in [0.717, 1.165) is 76.0 Å². The summed E-state index contributed by atoms with van der Waals surface area (Å²) in [6, 6.07) is 19.9. The van der Waals surface area contributed by atoms with Crippen molar-refractivity contribution in [2.24, 2.45) is 0 Å². The molecule has 4 aromatic carbocycles. The van der Waals surface area contributed by atoms with Crippen LogP contribution in [0.25, 0.3) is 0 Å². The van der Waals surface area contributed by atoms with Crippen LogP contribution in [0.1, 0.15) is 170 Å². The minimum atomic E-state index is -1.01. The summed E-state index contributed by atoms with van der Waals surface area (Å²) in [4.78, 5) is 118. The van der Waals surface area contributed by atoms with E-state index in [9.17, 15) is 43.2 Å². The molecule has 0 bridgehead atoms. The van der Waals surface area contributed by atoms with Crippen molar-refractivity contribution in [2.75, 3.05) is 37.5 Å². The van der Waals surface area contributed by atoms with Gasteiger partial charge in [0.2, 0.25) is 0 Å². The third-order valence-corrected chi connectivity index (χ3v) is 11.3. The van der Waals surface area contributed by atoms with E-state index in [2.05, 4.69) is 32.6 Å². The van der Waals surface area contributed by atoms with Crippen molar-refractivity contribution < 1.29 is 57.4 Å². The number of rotatable bonds is 27. The molecule has 0 atom stereocenters. The van der Waals surface area contributed by atoms with Gasteiger partial charge in [-0.15, -0.1) is 34.8 Å². The van der Waals surface area contributed by atoms with Gasteiger partial charge >= 0.3 is 17.9 Å². The first kappa shape index (κ1) is 57.6. The maximum absolute atomic E-state index is 13.5. The van der Waals surface area contributed by atoms with Gasteiger partial charge in [-0.2, -0.15) is 0 Å². The second kappa shape index (κ2) is 32.1. The molecule has 384 valence electrons. The van der Waals surface area contributed by atoms with E-state index in [1.807, 2.05) is 0 Å². The van der Waals surface area contributed by atoms with Gasteiger partial charge in [-0.1, -0.05) is 56.7 Å². The lowest BCUT2D eigenvalue weighted by molar-refractivity contribution is 0.0488. The molecule has 0 aliphatic heterocycles. The predicted octanol–water partition coefficient (Wildman–Crippen LogP) is 7.78. The topological polar surface area (TPSA) is 253 Å². The highest BCUT2D eigenvalue weighted by molar-refractivity contribution is 6.18. The van der Waals surface area contributed by atoms with E-state index in [-0.39, 0.29) is 69.9 Å². The fourth-order valence-electron chi connectivity index (χ4n) is 6.55. The molecule has 0 aliphatic rings. The Hall–Kier alpha value is -7.02. The summed E-state index contributed by atoms with van der Waals surface area (Å²) < 4.78 is 15.9. The van der Waals surface area contributed by atoms with E-state index < -0.39 is 53.4 Å². The molecule has 0 saturated carbocycles. The van der Waals surface area contributed by atoms with Crippen molar-refractivity contribution in [1.29, 1.82) is 0 Å². The first-order valence-corrected chi connectivity index (χ1v) is 24.9. The summed E-state index contributed by atoms with van der Waals surface area (Å²) in [5, 5.41) is 0. The average molecular weight is 1050 g/mol. The maximum Gasteiger partial charge on any atom is 0.338 e. The van der Waals surface area contributed by atoms with Crippen LogP contribution in [-0.2, 0) is 14.2 Å². The van der Waals surface area contributed by atoms with E-state index in [4.69, 9.17) is 49.0 Å². The van der Waals surface area contributed by atoms with E-state index in [0.29, 0.717) is 36.9 Å². The summed E-state index contributed by atoms with van der Waals surface area (Å²) in [5.74, 6) is -5.83. The van der Waals surface area contributed by atoms with E-state index in [1.54, 1.807) is 0 Å². The third-order valence-electron chi connectivity index (χ3n) is 10.5. The fraction of sp³-hybridized carbons (Fsp3) is 0.353. The van der Waals surface area contributed by atoms with Gasteiger partial charge < -0.3 is 14.2 Å². The molecule has 0 fully saturated rings. The Morgan fingerprint density at radius 3 is 0.750 bits per heavy atom. The largest absolute Gasteiger partial charge is 0.462 e. The van der Waals surface area contributed by atoms with Crippen molar-refractivity contribution >= 4 is 88.2 Å². The highest BCUT2D eigenvalue weighted by Crippen LogP contribution is 2.15. The minimum Gasteiger partial charge on any atom is -0.462 e. The van der Waals surface area contributed by atoms with Crippen LogP contribution in [-0.4, -0.2) is 90.8 Å². The number of hydrogen-bond donors (Lipinski definition) is 6. The zero-order chi connectivity index (χ0) is 52.1. The molecule has 4 aromatic rings. The Bertz CT molecular complexity index is 2240. The predicted molar refractivity (Wildman–Crippen MR) is 269 cm³/mol. The average Bonchev–Trinajstić information content (AvgIpc) is 3.41. The lowest BCUT2D eigenvalue weighted by Crippen LogP contribution is -2.43. The van der Waals surface area contributed by atoms with Gasteiger partial charge in [-0.3, -0.25) is 61.3 Å². The van der Waals surface area contributed by atoms with Crippen molar-refractivity contribution in [3.8, 4) is 0 Å². The maximum atomic E-state index is 13.5. The van der Waals surface area contributed by atoms with Gasteiger partial charge in [0.25, 0.3) is 35.4 Å². The Labute approximate surface area is 431 Å². The summed E-state index contributed by atoms with van der Waals surface area (Å²) in [5.41, 5.74) is 12.5. The summed E-state index contributed by atoms with van der Waals surface area (Å²) in [6.45, 7) is 0.527. The number of esters is 3. The smallest absolute Gasteiger partial charge is 0.338 e. The van der Waals surface area contributed by atoms with Gasteiger partial charge in [-0.25, -0.2) is 14.4 Å². The van der Waals surface area contributed by atoms with Crippen LogP contribution >= 0.6 is 34.8 Å². The summed E-state index contributed by atoms with van der Waals surface area (Å²) in [6.07, 6.45) is 9.65. The van der Waals surface area contributed by atoms with Gasteiger partial charge in [-0.05, 0) is 111 Å². The molecule has 18 nitrogen and oxygen atoms in total. The van der Waals surface area contributed by atoms with Crippen molar-refractivity contribution in [3.05, 3.63) is 141 Å². The number of halogens is 3. The van der Waals surface area contributed by atoms with Crippen molar-refractivity contribution in [3.63, 3.8) is 0 Å². The molecule has 6 amide bonds. The molecule has 0 aliphatic carbocycles. The van der Waals surface area contributed by atoms with Crippen LogP contribution in [0.3, 0.4) is 0 Å². The molecule has 0 unspecified atom stereocenters. The van der Waals surface area contributed by atoms with Crippen molar-refractivity contribution in [1.82, 2.24) is 32.6 Å². The summed E-state index contributed by atoms with van der Waals surface area (Å²) >= 11 is 17.1. The number of hydrazine groups is 3. The fourth-order valence-corrected chi connectivity index (χ4v) is 7.12. The number of benzene rings is 4. The number of unbranched alkanes of at least 4 members (excludes halogenated alkanes) is 9. The molecule has 6 N–H and O–H groups in total. The number of carbonyl (C=O) groups is 9. The normalized spacial score (nSPS) is 10.5. The van der Waals surface area contributed by atoms with Gasteiger partial charge in [0.15, 0.2) is 0 Å². The van der Waals surface area contributed by atoms with Gasteiger partial charge in [0.05, 0.1) is 36.5 Å². The van der Waals surface area contributed by atoms with Gasteiger partial charge in [0.1, 0.15) is 0 Å². The van der Waals surface area contributed by atoms with E-state index >= 15 is 0 Å². The zero-order valence-corrected chi connectivity index (χ0v) is 41.7. The minimum absolute atomic E-state index is 0.0147. The SMILES string of the molecule is O=C(NNC(=O)c1cccc(C(=O)OCCCCCCCl)c1)c1cc(C(=O)NNC(=O)c2cccc(C(=O)OCCCCCCCl)c2)cc(C(=O)NNC(=O)c2cccc(C(=O)OCCCCCCCl)c2)c1. The molecule has 0 saturated heterocycles. The van der Waals surface area contributed by atoms with Gasteiger partial charge in [0, 0.05) is 51.0 Å². The Morgan fingerprint density at radius 2 is 0.500 bits per heavy atom. The molecular formula is C51H57Cl3N6O12. The van der Waals surface area contributed by atoms with Crippen LogP contribution in [0.4, 0.5) is 0 Å². The monoisotopic (exact) mass is 1050 g/mol. The molecule has 0 aromatic heterocycles. The van der Waals surface area contributed by atoms with Crippen molar-refractivity contribution in [2.45, 2.75) is 77.0 Å². The van der Waals surface area contributed by atoms with E-state index in [1.165, 1.54) is 72.8 Å². The second-order valence-electron chi connectivity index (χ2n) is 16.0. The molecule has 21 heteroatoms. The number of carbonyl (C=O) groups excluding carboxylic acids is 9. The first-order valence-electron chi connectivity index (χ1n) is 23.3. The second-order valence-corrected chi connectivity index (χ2v) is 17.1. The lowest BCUT2D eigenvalue weighted by atomic mass is 10.0. The highest BCUT2D eigenvalue weighted by atomic mass is 35.5. The van der Waals surface area contributed by atoms with Crippen LogP contribution in [0.2, 0.25) is 0 Å². The number of hydrogen-bond acceptors (Lipinski definition) is 12. The summed E-state index contributed by atoms with van der Waals surface area (Å²) in [7, 11) is 0. The van der Waals surface area contributed by atoms with Crippen LogP contribution in [0.5, 0.6) is 0 Å². The Morgan fingerprint density at radius 1 is 0.292 bits per heavy atom. The standard InChI is InChI=1S/C51H57Cl3N6O12/c52-22-7-1-4-10-25-70-49(67)37-19-13-16-34(28-37)43(61)55-58-46(64)40-31-41(47(65)59-56-44(62)35-17-14-20-38(29-35)50(68)71-26-11-5-2-8-23-53)33-42(32-40)48(66)60-57-45(63)36-18-15-21-39(30-36)51(69)72-27-12-6-3-9-24-54/h13-21,28-33H,1-12,22-27H2,(H,55,61)(H,56,62)(H,57,63)(H,58,64)(H,59,65)(H,60,66). The number of alkyl halides is 3.